The Morgan fingerprint density at radius 3 is 2.52 bits per heavy atom. The Balaban J connectivity index is 1.53. The number of nitrogens with one attached hydrogen (secondary N) is 1. The van der Waals surface area contributed by atoms with Crippen LogP contribution in [0.5, 0.6) is 0 Å². The van der Waals surface area contributed by atoms with Crippen LogP contribution in [0.3, 0.4) is 0 Å². The van der Waals surface area contributed by atoms with E-state index in [2.05, 4.69) is 65.7 Å². The number of anilines is 1. The van der Waals surface area contributed by atoms with Crippen LogP contribution in [0.4, 0.5) is 5.69 Å². The van der Waals surface area contributed by atoms with Crippen molar-refractivity contribution < 1.29 is 5.11 Å². The van der Waals surface area contributed by atoms with Gasteiger partial charge < -0.3 is 15.3 Å². The molecule has 2 aromatic carbocycles. The molecule has 5 rings (SSSR count). The summed E-state index contributed by atoms with van der Waals surface area (Å²) in [6.07, 6.45) is 5.00. The largest absolute Gasteiger partial charge is 0.391 e. The Hall–Kier alpha value is -1.84. The summed E-state index contributed by atoms with van der Waals surface area (Å²) < 4.78 is 0. The number of piperidine rings is 1. The predicted molar refractivity (Wildman–Crippen MR) is 110 cm³/mol. The average Bonchev–Trinajstić information content (AvgIpc) is 3.24. The van der Waals surface area contributed by atoms with Gasteiger partial charge in [-0.3, -0.25) is 0 Å². The number of hydrogen-bond acceptors (Lipinski definition) is 3. The Kier molecular flexibility index (Phi) is 4.25. The van der Waals surface area contributed by atoms with Gasteiger partial charge in [0.2, 0.25) is 0 Å². The van der Waals surface area contributed by atoms with Crippen LogP contribution in [0.2, 0.25) is 0 Å². The maximum Gasteiger partial charge on any atom is 0.0792 e. The molecular formula is C24H30N2O. The zero-order chi connectivity index (χ0) is 18.4. The Bertz CT molecular complexity index is 812. The summed E-state index contributed by atoms with van der Waals surface area (Å²) >= 11 is 0. The summed E-state index contributed by atoms with van der Waals surface area (Å²) in [6.45, 7) is 4.24. The second-order valence-corrected chi connectivity index (χ2v) is 8.76. The monoisotopic (exact) mass is 362 g/mol. The van der Waals surface area contributed by atoms with Crippen molar-refractivity contribution in [2.24, 2.45) is 5.92 Å². The SMILES string of the molecule is Cc1cccc2c1CC(C1CC(O)C3(CCNCC3)N1c1ccccc1)C2. The highest BCUT2D eigenvalue weighted by atomic mass is 16.3. The molecule has 0 bridgehead atoms. The van der Waals surface area contributed by atoms with Gasteiger partial charge >= 0.3 is 0 Å². The molecule has 142 valence electrons. The molecule has 1 spiro atoms. The van der Waals surface area contributed by atoms with Crippen LogP contribution >= 0.6 is 0 Å². The van der Waals surface area contributed by atoms with E-state index in [0.29, 0.717) is 12.0 Å². The van der Waals surface area contributed by atoms with E-state index in [0.717, 1.165) is 45.2 Å². The second-order valence-electron chi connectivity index (χ2n) is 8.76. The Labute approximate surface area is 162 Å². The van der Waals surface area contributed by atoms with Gasteiger partial charge in [-0.2, -0.15) is 0 Å². The minimum Gasteiger partial charge on any atom is -0.391 e. The summed E-state index contributed by atoms with van der Waals surface area (Å²) in [5.74, 6) is 0.588. The van der Waals surface area contributed by atoms with Gasteiger partial charge in [0.15, 0.2) is 0 Å². The quantitative estimate of drug-likeness (QED) is 0.859. The molecule has 3 unspecified atom stereocenters. The van der Waals surface area contributed by atoms with Crippen LogP contribution < -0.4 is 10.2 Å². The zero-order valence-corrected chi connectivity index (χ0v) is 16.2. The molecule has 2 N–H and O–H groups in total. The molecule has 2 heterocycles. The van der Waals surface area contributed by atoms with Crippen LogP contribution in [0.25, 0.3) is 0 Å². The lowest BCUT2D eigenvalue weighted by atomic mass is 9.83. The van der Waals surface area contributed by atoms with Crippen molar-refractivity contribution >= 4 is 5.69 Å². The van der Waals surface area contributed by atoms with Crippen LogP contribution in [0, 0.1) is 12.8 Å². The number of rotatable bonds is 2. The molecule has 2 saturated heterocycles. The zero-order valence-electron chi connectivity index (χ0n) is 16.2. The van der Waals surface area contributed by atoms with Crippen molar-refractivity contribution in [3.8, 4) is 0 Å². The van der Waals surface area contributed by atoms with E-state index in [1.165, 1.54) is 16.8 Å². The topological polar surface area (TPSA) is 35.5 Å². The highest BCUT2D eigenvalue weighted by Gasteiger charge is 2.55. The molecule has 1 aliphatic carbocycles. The molecule has 2 aromatic rings. The highest BCUT2D eigenvalue weighted by molar-refractivity contribution is 5.54. The van der Waals surface area contributed by atoms with Crippen LogP contribution in [-0.4, -0.2) is 35.9 Å². The van der Waals surface area contributed by atoms with E-state index in [9.17, 15) is 5.11 Å². The summed E-state index contributed by atoms with van der Waals surface area (Å²) in [5.41, 5.74) is 5.68. The molecular weight excluding hydrogens is 332 g/mol. The summed E-state index contributed by atoms with van der Waals surface area (Å²) in [7, 11) is 0. The molecule has 0 aromatic heterocycles. The second kappa shape index (κ2) is 6.65. The first-order valence-electron chi connectivity index (χ1n) is 10.5. The fraction of sp³-hybridized carbons (Fsp3) is 0.500. The summed E-state index contributed by atoms with van der Waals surface area (Å²) in [4.78, 5) is 2.64. The first-order chi connectivity index (χ1) is 13.2. The number of aryl methyl sites for hydroxylation is 1. The molecule has 2 aliphatic heterocycles. The first kappa shape index (κ1) is 17.3. The van der Waals surface area contributed by atoms with Gasteiger partial charge in [0.1, 0.15) is 0 Å². The number of benzene rings is 2. The molecule has 0 amide bonds. The van der Waals surface area contributed by atoms with Gasteiger partial charge in [-0.15, -0.1) is 0 Å². The number of aliphatic hydroxyl groups excluding tert-OH is 1. The molecule has 3 atom stereocenters. The number of aliphatic hydroxyl groups is 1. The third-order valence-electron chi connectivity index (χ3n) is 7.40. The molecule has 0 saturated carbocycles. The van der Waals surface area contributed by atoms with Crippen LogP contribution in [-0.2, 0) is 12.8 Å². The van der Waals surface area contributed by atoms with Crippen molar-refractivity contribution in [3.05, 3.63) is 65.2 Å². The Morgan fingerprint density at radius 1 is 1.00 bits per heavy atom. The fourth-order valence-corrected chi connectivity index (χ4v) is 6.05. The number of para-hydroxylation sites is 1. The van der Waals surface area contributed by atoms with Gasteiger partial charge in [0, 0.05) is 11.7 Å². The number of hydrogen-bond donors (Lipinski definition) is 2. The third kappa shape index (κ3) is 2.71. The van der Waals surface area contributed by atoms with E-state index >= 15 is 0 Å². The van der Waals surface area contributed by atoms with Crippen molar-refractivity contribution in [2.75, 3.05) is 18.0 Å². The normalized spacial score (nSPS) is 29.3. The van der Waals surface area contributed by atoms with Crippen molar-refractivity contribution in [1.82, 2.24) is 5.32 Å². The molecule has 27 heavy (non-hydrogen) atoms. The maximum absolute atomic E-state index is 11.3. The van der Waals surface area contributed by atoms with E-state index < -0.39 is 0 Å². The summed E-state index contributed by atoms with van der Waals surface area (Å²) in [5, 5.41) is 14.8. The Morgan fingerprint density at radius 2 is 1.78 bits per heavy atom. The van der Waals surface area contributed by atoms with Crippen molar-refractivity contribution in [1.29, 1.82) is 0 Å². The van der Waals surface area contributed by atoms with Gasteiger partial charge in [-0.1, -0.05) is 36.4 Å². The van der Waals surface area contributed by atoms with Crippen LogP contribution in [0.15, 0.2) is 48.5 Å². The predicted octanol–water partition coefficient (Wildman–Crippen LogP) is 3.47. The van der Waals surface area contributed by atoms with E-state index in [4.69, 9.17) is 0 Å². The van der Waals surface area contributed by atoms with Gasteiger partial charge in [0.25, 0.3) is 0 Å². The van der Waals surface area contributed by atoms with Crippen molar-refractivity contribution in [2.45, 2.75) is 56.7 Å². The van der Waals surface area contributed by atoms with Gasteiger partial charge in [0.05, 0.1) is 11.6 Å². The van der Waals surface area contributed by atoms with Crippen LogP contribution in [0.1, 0.15) is 36.0 Å². The first-order valence-corrected chi connectivity index (χ1v) is 10.5. The standard InChI is InChI=1S/C24H30N2O/c1-17-6-5-7-18-14-19(15-21(17)18)22-16-23(27)24(10-12-25-13-11-24)26(22)20-8-3-2-4-9-20/h2-9,19,22-23,25,27H,10-16H2,1H3. The fourth-order valence-electron chi connectivity index (χ4n) is 6.05. The van der Waals surface area contributed by atoms with Gasteiger partial charge in [-0.25, -0.2) is 0 Å². The van der Waals surface area contributed by atoms with Crippen molar-refractivity contribution in [3.63, 3.8) is 0 Å². The lowest BCUT2D eigenvalue weighted by Crippen LogP contribution is -2.58. The lowest BCUT2D eigenvalue weighted by molar-refractivity contribution is 0.0868. The smallest absolute Gasteiger partial charge is 0.0792 e. The number of nitrogens with zero attached hydrogens (tertiary/aromatic N) is 1. The lowest BCUT2D eigenvalue weighted by Gasteiger charge is -2.47. The maximum atomic E-state index is 11.3. The molecule has 2 fully saturated rings. The minimum absolute atomic E-state index is 0.110. The molecule has 3 heteroatoms. The average molecular weight is 363 g/mol. The number of fused-ring (bicyclic) bond motifs is 1. The van der Waals surface area contributed by atoms with E-state index in [1.54, 1.807) is 5.56 Å². The van der Waals surface area contributed by atoms with E-state index in [1.807, 2.05) is 0 Å². The molecule has 0 radical (unpaired) electrons. The minimum atomic E-state index is -0.241. The van der Waals surface area contributed by atoms with E-state index in [-0.39, 0.29) is 11.6 Å². The van der Waals surface area contributed by atoms with Gasteiger partial charge in [-0.05, 0) is 86.9 Å². The molecule has 3 aliphatic rings. The molecule has 3 nitrogen and oxygen atoms in total. The third-order valence-corrected chi connectivity index (χ3v) is 7.40. The highest BCUT2D eigenvalue weighted by Crippen LogP contribution is 2.48. The summed E-state index contributed by atoms with van der Waals surface area (Å²) in [6, 6.07) is 18.0.